The first kappa shape index (κ1) is 17.9. The maximum absolute atomic E-state index is 11.8. The van der Waals surface area contributed by atoms with Gasteiger partial charge < -0.3 is 5.32 Å². The Morgan fingerprint density at radius 2 is 1.56 bits per heavy atom. The van der Waals surface area contributed by atoms with E-state index in [2.05, 4.69) is 44.7 Å². The fourth-order valence-electron chi connectivity index (χ4n) is 2.04. The molecule has 0 aromatic heterocycles. The minimum Gasteiger partial charge on any atom is -0.316 e. The van der Waals surface area contributed by atoms with Gasteiger partial charge >= 0.3 is 0 Å². The fraction of sp³-hybridized carbons (Fsp3) is 1.00. The zero-order valence-corrected chi connectivity index (χ0v) is 13.3. The summed E-state index contributed by atoms with van der Waals surface area (Å²) < 4.78 is 26.3. The van der Waals surface area contributed by atoms with Crippen molar-refractivity contribution in [1.29, 1.82) is 0 Å². The average molecular weight is 278 g/mol. The standard InChI is InChI=1S/C13H30N2O2S/c1-6-7-14-8-9-18(16,17)15-10-13(11(2)3)12(4)5/h11-15H,6-10H2,1-5H3. The molecule has 0 unspecified atom stereocenters. The van der Waals surface area contributed by atoms with Crippen molar-refractivity contribution >= 4 is 10.0 Å². The topological polar surface area (TPSA) is 58.2 Å². The lowest BCUT2D eigenvalue weighted by Gasteiger charge is -2.25. The van der Waals surface area contributed by atoms with Crippen LogP contribution in [0.4, 0.5) is 0 Å². The predicted octanol–water partition coefficient (Wildman–Crippen LogP) is 1.83. The maximum atomic E-state index is 11.8. The molecule has 0 aliphatic rings. The molecule has 0 aliphatic carbocycles. The Kier molecular flexibility index (Phi) is 8.82. The third-order valence-electron chi connectivity index (χ3n) is 3.23. The first-order valence-electron chi connectivity index (χ1n) is 6.98. The summed E-state index contributed by atoms with van der Waals surface area (Å²) in [5.74, 6) is 1.54. The molecule has 0 aromatic carbocycles. The highest BCUT2D eigenvalue weighted by atomic mass is 32.2. The molecule has 4 nitrogen and oxygen atoms in total. The lowest BCUT2D eigenvalue weighted by atomic mass is 9.86. The maximum Gasteiger partial charge on any atom is 0.212 e. The van der Waals surface area contributed by atoms with Gasteiger partial charge in [-0.1, -0.05) is 34.6 Å². The minimum absolute atomic E-state index is 0.163. The molecule has 0 aliphatic heterocycles. The second-order valence-corrected chi connectivity index (χ2v) is 7.50. The van der Waals surface area contributed by atoms with Gasteiger partial charge in [0.1, 0.15) is 0 Å². The highest BCUT2D eigenvalue weighted by Gasteiger charge is 2.20. The fourth-order valence-corrected chi connectivity index (χ4v) is 3.05. The van der Waals surface area contributed by atoms with Gasteiger partial charge in [0, 0.05) is 13.1 Å². The highest BCUT2D eigenvalue weighted by Crippen LogP contribution is 2.19. The Hall–Kier alpha value is -0.130. The zero-order chi connectivity index (χ0) is 14.2. The van der Waals surface area contributed by atoms with Crippen molar-refractivity contribution in [1.82, 2.24) is 10.0 Å². The Morgan fingerprint density at radius 3 is 2.00 bits per heavy atom. The van der Waals surface area contributed by atoms with E-state index in [9.17, 15) is 8.42 Å². The van der Waals surface area contributed by atoms with Crippen LogP contribution in [-0.4, -0.2) is 33.8 Å². The molecule has 0 amide bonds. The van der Waals surface area contributed by atoms with Crippen LogP contribution in [0.2, 0.25) is 0 Å². The molecule has 0 bridgehead atoms. The summed E-state index contributed by atoms with van der Waals surface area (Å²) in [7, 11) is -3.14. The molecule has 0 radical (unpaired) electrons. The number of hydrogen-bond donors (Lipinski definition) is 2. The summed E-state index contributed by atoms with van der Waals surface area (Å²) in [4.78, 5) is 0. The van der Waals surface area contributed by atoms with E-state index in [1.54, 1.807) is 0 Å². The smallest absolute Gasteiger partial charge is 0.212 e. The van der Waals surface area contributed by atoms with Gasteiger partial charge in [0.15, 0.2) is 0 Å². The normalized spacial score (nSPS) is 12.9. The van der Waals surface area contributed by atoms with Gasteiger partial charge in [-0.2, -0.15) is 0 Å². The number of rotatable bonds is 10. The van der Waals surface area contributed by atoms with E-state index in [0.29, 0.717) is 30.8 Å². The van der Waals surface area contributed by atoms with Crippen LogP contribution in [0.1, 0.15) is 41.0 Å². The summed E-state index contributed by atoms with van der Waals surface area (Å²) in [5.41, 5.74) is 0. The van der Waals surface area contributed by atoms with E-state index in [0.717, 1.165) is 13.0 Å². The van der Waals surface area contributed by atoms with E-state index < -0.39 is 10.0 Å². The van der Waals surface area contributed by atoms with Crippen molar-refractivity contribution in [2.75, 3.05) is 25.4 Å². The molecule has 0 rings (SSSR count). The number of hydrogen-bond acceptors (Lipinski definition) is 3. The third-order valence-corrected chi connectivity index (χ3v) is 4.57. The zero-order valence-electron chi connectivity index (χ0n) is 12.5. The summed E-state index contributed by atoms with van der Waals surface area (Å²) in [6, 6.07) is 0. The lowest BCUT2D eigenvalue weighted by Crippen LogP contribution is -2.37. The van der Waals surface area contributed by atoms with Gasteiger partial charge in [-0.25, -0.2) is 13.1 Å². The van der Waals surface area contributed by atoms with Gasteiger partial charge in [-0.3, -0.25) is 0 Å². The van der Waals surface area contributed by atoms with Gasteiger partial charge in [-0.15, -0.1) is 0 Å². The Balaban J connectivity index is 4.08. The SMILES string of the molecule is CCCNCCS(=O)(=O)NCC(C(C)C)C(C)C. The third kappa shape index (κ3) is 8.06. The molecule has 0 atom stereocenters. The first-order valence-corrected chi connectivity index (χ1v) is 8.63. The van der Waals surface area contributed by atoms with E-state index in [-0.39, 0.29) is 5.75 Å². The molecule has 0 spiro atoms. The average Bonchev–Trinajstić information content (AvgIpc) is 2.23. The second kappa shape index (κ2) is 8.88. The van der Waals surface area contributed by atoms with Crippen molar-refractivity contribution < 1.29 is 8.42 Å². The van der Waals surface area contributed by atoms with Gasteiger partial charge in [-0.05, 0) is 30.7 Å². The molecule has 5 heteroatoms. The molecular formula is C13H30N2O2S. The summed E-state index contributed by atoms with van der Waals surface area (Å²) in [5, 5.41) is 3.11. The van der Waals surface area contributed by atoms with E-state index >= 15 is 0 Å². The summed E-state index contributed by atoms with van der Waals surface area (Å²) in [6.07, 6.45) is 1.02. The first-order chi connectivity index (χ1) is 8.30. The largest absolute Gasteiger partial charge is 0.316 e. The van der Waals surface area contributed by atoms with Crippen molar-refractivity contribution in [3.05, 3.63) is 0 Å². The van der Waals surface area contributed by atoms with E-state index in [1.165, 1.54) is 0 Å². The molecule has 0 saturated heterocycles. The molecule has 0 aromatic rings. The van der Waals surface area contributed by atoms with Crippen molar-refractivity contribution in [3.8, 4) is 0 Å². The van der Waals surface area contributed by atoms with Gasteiger partial charge in [0.05, 0.1) is 5.75 Å². The van der Waals surface area contributed by atoms with Crippen molar-refractivity contribution in [2.45, 2.75) is 41.0 Å². The van der Waals surface area contributed by atoms with Crippen LogP contribution in [0.15, 0.2) is 0 Å². The number of sulfonamides is 1. The molecule has 0 heterocycles. The van der Waals surface area contributed by atoms with Crippen LogP contribution in [-0.2, 0) is 10.0 Å². The van der Waals surface area contributed by atoms with Crippen LogP contribution in [0.25, 0.3) is 0 Å². The molecule has 18 heavy (non-hydrogen) atoms. The summed E-state index contributed by atoms with van der Waals surface area (Å²) >= 11 is 0. The van der Waals surface area contributed by atoms with E-state index in [1.807, 2.05) is 0 Å². The molecular weight excluding hydrogens is 248 g/mol. The highest BCUT2D eigenvalue weighted by molar-refractivity contribution is 7.89. The van der Waals surface area contributed by atoms with Crippen LogP contribution in [0, 0.1) is 17.8 Å². The van der Waals surface area contributed by atoms with Crippen LogP contribution < -0.4 is 10.0 Å². The quantitative estimate of drug-likeness (QED) is 0.599. The van der Waals surface area contributed by atoms with Crippen LogP contribution in [0.5, 0.6) is 0 Å². The Labute approximate surface area is 113 Å². The summed E-state index contributed by atoms with van der Waals surface area (Å²) in [6.45, 7) is 12.6. The van der Waals surface area contributed by atoms with Gasteiger partial charge in [0.25, 0.3) is 0 Å². The predicted molar refractivity (Wildman–Crippen MR) is 78.1 cm³/mol. The Bertz CT molecular complexity index is 292. The van der Waals surface area contributed by atoms with Crippen LogP contribution in [0.3, 0.4) is 0 Å². The molecule has 2 N–H and O–H groups in total. The Morgan fingerprint density at radius 1 is 1.00 bits per heavy atom. The van der Waals surface area contributed by atoms with Crippen molar-refractivity contribution in [3.63, 3.8) is 0 Å². The van der Waals surface area contributed by atoms with Crippen molar-refractivity contribution in [2.24, 2.45) is 17.8 Å². The van der Waals surface area contributed by atoms with Gasteiger partial charge in [0.2, 0.25) is 10.0 Å². The lowest BCUT2D eigenvalue weighted by molar-refractivity contribution is 0.289. The van der Waals surface area contributed by atoms with E-state index in [4.69, 9.17) is 0 Å². The molecule has 110 valence electrons. The monoisotopic (exact) mass is 278 g/mol. The minimum atomic E-state index is -3.14. The number of nitrogens with one attached hydrogen (secondary N) is 2. The molecule has 0 fully saturated rings. The second-order valence-electron chi connectivity index (χ2n) is 5.57. The molecule has 0 saturated carbocycles. The van der Waals surface area contributed by atoms with Crippen LogP contribution >= 0.6 is 0 Å².